The number of dihydropyridines is 1. The number of nitrogens with zero attached hydrogens (tertiary/aromatic N) is 2. The van der Waals surface area contributed by atoms with Crippen LogP contribution in [0.4, 0.5) is 0 Å². The van der Waals surface area contributed by atoms with Crippen molar-refractivity contribution in [1.29, 1.82) is 0 Å². The second-order valence-electron chi connectivity index (χ2n) is 7.32. The van der Waals surface area contributed by atoms with Gasteiger partial charge in [-0.05, 0) is 11.8 Å². The number of hydrogen-bond acceptors (Lipinski definition) is 5. The molecule has 0 aromatic heterocycles. The lowest BCUT2D eigenvalue weighted by Gasteiger charge is -2.45. The molecule has 0 fully saturated rings. The smallest absolute Gasteiger partial charge is 0.159 e. The Balaban J connectivity index is 2.44. The van der Waals surface area contributed by atoms with Crippen molar-refractivity contribution in [3.05, 3.63) is 11.8 Å². The highest BCUT2D eigenvalue weighted by Gasteiger charge is 2.50. The van der Waals surface area contributed by atoms with Crippen LogP contribution in [-0.4, -0.2) is 23.9 Å². The Kier molecular flexibility index (Phi) is 3.01. The minimum absolute atomic E-state index is 0.161. The van der Waals surface area contributed by atoms with E-state index in [-0.39, 0.29) is 10.8 Å². The first-order valence-electron chi connectivity index (χ1n) is 6.70. The van der Waals surface area contributed by atoms with Gasteiger partial charge in [-0.1, -0.05) is 34.6 Å². The van der Waals surface area contributed by atoms with E-state index in [1.807, 2.05) is 6.08 Å². The number of amidine groups is 1. The molecule has 0 saturated heterocycles. The number of nitrogens with two attached hydrogens (primary N) is 2. The highest BCUT2D eigenvalue weighted by Crippen LogP contribution is 2.43. The second kappa shape index (κ2) is 4.07. The Bertz CT molecular complexity index is 479. The molecule has 0 aliphatic carbocycles. The lowest BCUT2D eigenvalue weighted by Crippen LogP contribution is -2.60. The second-order valence-corrected chi connectivity index (χ2v) is 7.32. The van der Waals surface area contributed by atoms with Crippen molar-refractivity contribution < 1.29 is 0 Å². The van der Waals surface area contributed by atoms with Crippen LogP contribution in [0.15, 0.2) is 21.8 Å². The Morgan fingerprint density at radius 3 is 2.53 bits per heavy atom. The third kappa shape index (κ3) is 2.39. The summed E-state index contributed by atoms with van der Waals surface area (Å²) < 4.78 is 0. The van der Waals surface area contributed by atoms with Gasteiger partial charge in [-0.15, -0.1) is 0 Å². The molecular formula is C14H25N5. The average Bonchev–Trinajstić information content (AvgIpc) is 2.61. The number of hydrogen-bond donors (Lipinski definition) is 3. The summed E-state index contributed by atoms with van der Waals surface area (Å²) >= 11 is 0. The van der Waals surface area contributed by atoms with Crippen molar-refractivity contribution in [3.63, 3.8) is 0 Å². The lowest BCUT2D eigenvalue weighted by atomic mass is 9.66. The van der Waals surface area contributed by atoms with Gasteiger partial charge >= 0.3 is 0 Å². The van der Waals surface area contributed by atoms with Gasteiger partial charge < -0.3 is 16.8 Å². The fourth-order valence-corrected chi connectivity index (χ4v) is 3.19. The third-order valence-electron chi connectivity index (χ3n) is 3.72. The monoisotopic (exact) mass is 263 g/mol. The summed E-state index contributed by atoms with van der Waals surface area (Å²) in [5.74, 6) is 0.466. The average molecular weight is 263 g/mol. The molecule has 2 rings (SSSR count). The van der Waals surface area contributed by atoms with Crippen LogP contribution in [0.5, 0.6) is 0 Å². The third-order valence-corrected chi connectivity index (χ3v) is 3.72. The van der Waals surface area contributed by atoms with Crippen molar-refractivity contribution >= 4 is 11.5 Å². The molecule has 5 heteroatoms. The summed E-state index contributed by atoms with van der Waals surface area (Å²) in [4.78, 5) is 9.03. The maximum atomic E-state index is 6.64. The molecule has 5 nitrogen and oxygen atoms in total. The summed E-state index contributed by atoms with van der Waals surface area (Å²) in [5.41, 5.74) is 13.4. The molecule has 5 N–H and O–H groups in total. The Morgan fingerprint density at radius 2 is 1.95 bits per heavy atom. The van der Waals surface area contributed by atoms with Crippen LogP contribution < -0.4 is 16.8 Å². The Hall–Kier alpha value is -1.36. The van der Waals surface area contributed by atoms with Gasteiger partial charge in [-0.25, -0.2) is 4.99 Å². The zero-order valence-corrected chi connectivity index (χ0v) is 12.5. The van der Waals surface area contributed by atoms with Crippen molar-refractivity contribution in [2.75, 3.05) is 6.67 Å². The van der Waals surface area contributed by atoms with Crippen LogP contribution in [0.2, 0.25) is 0 Å². The van der Waals surface area contributed by atoms with Gasteiger partial charge in [0.15, 0.2) is 5.66 Å². The van der Waals surface area contributed by atoms with Crippen LogP contribution in [-0.2, 0) is 0 Å². The van der Waals surface area contributed by atoms with Gasteiger partial charge in [0.05, 0.1) is 5.70 Å². The molecule has 106 valence electrons. The van der Waals surface area contributed by atoms with Gasteiger partial charge in [0.2, 0.25) is 0 Å². The number of fused-ring (bicyclic) bond motifs is 1. The van der Waals surface area contributed by atoms with Crippen LogP contribution in [0.25, 0.3) is 0 Å². The Labute approximate surface area is 115 Å². The number of aliphatic imine (C=N–C) groups is 2. The van der Waals surface area contributed by atoms with Gasteiger partial charge in [0.25, 0.3) is 0 Å². The van der Waals surface area contributed by atoms with E-state index in [4.69, 9.17) is 11.5 Å². The molecule has 0 aromatic carbocycles. The fraction of sp³-hybridized carbons (Fsp3) is 0.714. The van der Waals surface area contributed by atoms with E-state index in [1.54, 1.807) is 0 Å². The van der Waals surface area contributed by atoms with Gasteiger partial charge in [0.1, 0.15) is 18.2 Å². The van der Waals surface area contributed by atoms with E-state index in [0.717, 1.165) is 17.8 Å². The molecule has 0 spiro atoms. The van der Waals surface area contributed by atoms with Gasteiger partial charge in [0, 0.05) is 11.5 Å². The first kappa shape index (κ1) is 14.1. The van der Waals surface area contributed by atoms with Crippen molar-refractivity contribution in [1.82, 2.24) is 5.32 Å². The highest BCUT2D eigenvalue weighted by molar-refractivity contribution is 6.15. The molecular weight excluding hydrogens is 238 g/mol. The summed E-state index contributed by atoms with van der Waals surface area (Å²) in [6, 6.07) is 0. The molecule has 0 bridgehead atoms. The maximum absolute atomic E-state index is 6.64. The van der Waals surface area contributed by atoms with Crippen molar-refractivity contribution in [3.8, 4) is 0 Å². The predicted molar refractivity (Wildman–Crippen MR) is 79.9 cm³/mol. The van der Waals surface area contributed by atoms with E-state index in [1.165, 1.54) is 0 Å². The molecule has 2 heterocycles. The molecule has 19 heavy (non-hydrogen) atoms. The van der Waals surface area contributed by atoms with Crippen LogP contribution in [0.1, 0.15) is 41.0 Å². The van der Waals surface area contributed by atoms with Gasteiger partial charge in [-0.3, -0.25) is 4.99 Å². The molecule has 2 aliphatic heterocycles. The predicted octanol–water partition coefficient (Wildman–Crippen LogP) is 1.36. The van der Waals surface area contributed by atoms with Crippen molar-refractivity contribution in [2.45, 2.75) is 46.7 Å². The minimum atomic E-state index is -0.863. The molecule has 0 radical (unpaired) electrons. The van der Waals surface area contributed by atoms with Crippen LogP contribution >= 0.6 is 0 Å². The first-order valence-corrected chi connectivity index (χ1v) is 6.70. The standard InChI is InChI=1S/C14H25N5/c1-12(2,3)7-13(4,5)14(16)11-9(17-8-18-11)6-10(15)19-14/h6,17H,7-8,16H2,1-5H3,(H2,15,19). The summed E-state index contributed by atoms with van der Waals surface area (Å²) in [6.07, 6.45) is 2.74. The normalized spacial score (nSPS) is 27.2. The summed E-state index contributed by atoms with van der Waals surface area (Å²) in [7, 11) is 0. The number of rotatable bonds is 2. The molecule has 0 aromatic rings. The van der Waals surface area contributed by atoms with E-state index >= 15 is 0 Å². The zero-order chi connectivity index (χ0) is 14.5. The quantitative estimate of drug-likeness (QED) is 0.703. The van der Waals surface area contributed by atoms with Crippen molar-refractivity contribution in [2.24, 2.45) is 32.3 Å². The Morgan fingerprint density at radius 1 is 1.32 bits per heavy atom. The SMILES string of the molecule is CC(C)(C)CC(C)(C)C1(N)N=C(N)C=C2NCN=C21. The van der Waals surface area contributed by atoms with E-state index in [0.29, 0.717) is 12.5 Å². The molecule has 0 saturated carbocycles. The first-order chi connectivity index (χ1) is 8.55. The zero-order valence-electron chi connectivity index (χ0n) is 12.5. The van der Waals surface area contributed by atoms with E-state index < -0.39 is 5.66 Å². The highest BCUT2D eigenvalue weighted by atomic mass is 15.2. The molecule has 0 amide bonds. The minimum Gasteiger partial charge on any atom is -0.384 e. The number of nitrogens with one attached hydrogen (secondary N) is 1. The fourth-order valence-electron chi connectivity index (χ4n) is 3.19. The van der Waals surface area contributed by atoms with E-state index in [9.17, 15) is 0 Å². The topological polar surface area (TPSA) is 88.8 Å². The lowest BCUT2D eigenvalue weighted by molar-refractivity contribution is 0.148. The largest absolute Gasteiger partial charge is 0.384 e. The maximum Gasteiger partial charge on any atom is 0.159 e. The van der Waals surface area contributed by atoms with E-state index in [2.05, 4.69) is 49.9 Å². The molecule has 2 aliphatic rings. The van der Waals surface area contributed by atoms with Crippen LogP contribution in [0.3, 0.4) is 0 Å². The summed E-state index contributed by atoms with van der Waals surface area (Å²) in [6.45, 7) is 11.4. The molecule has 1 unspecified atom stereocenters. The van der Waals surface area contributed by atoms with Crippen LogP contribution in [0, 0.1) is 10.8 Å². The molecule has 1 atom stereocenters. The van der Waals surface area contributed by atoms with Gasteiger partial charge in [-0.2, -0.15) is 0 Å². The summed E-state index contributed by atoms with van der Waals surface area (Å²) in [5, 5.41) is 3.20.